The summed E-state index contributed by atoms with van der Waals surface area (Å²) in [4.78, 5) is 23.0. The number of hydrogen-bond donors (Lipinski definition) is 1. The fraction of sp³-hybridized carbons (Fsp3) is 0.364. The van der Waals surface area contributed by atoms with Crippen molar-refractivity contribution in [2.24, 2.45) is 0 Å². The predicted octanol–water partition coefficient (Wildman–Crippen LogP) is 0.862. The van der Waals surface area contributed by atoms with Gasteiger partial charge in [-0.1, -0.05) is 0 Å². The molecule has 0 bridgehead atoms. The van der Waals surface area contributed by atoms with Crippen LogP contribution in [0.15, 0.2) is 18.2 Å². The second-order valence-electron chi connectivity index (χ2n) is 4.10. The Balaban J connectivity index is 2.36. The normalized spacial score (nSPS) is 16.3. The zero-order chi connectivity index (χ0) is 14.0. The molecular formula is C11H12N2O5S. The number of benzene rings is 1. The molecule has 8 heteroatoms. The Morgan fingerprint density at radius 2 is 2.00 bits per heavy atom. The van der Waals surface area contributed by atoms with Gasteiger partial charge in [0.15, 0.2) is 0 Å². The molecule has 7 nitrogen and oxygen atoms in total. The van der Waals surface area contributed by atoms with Crippen LogP contribution in [0.25, 0.3) is 0 Å². The minimum absolute atomic E-state index is 0.115. The van der Waals surface area contributed by atoms with Crippen LogP contribution in [0.4, 0.5) is 11.4 Å². The quantitative estimate of drug-likeness (QED) is 0.652. The smallest absolute Gasteiger partial charge is 0.335 e. The highest BCUT2D eigenvalue weighted by Crippen LogP contribution is 2.30. The largest absolute Gasteiger partial charge is 0.478 e. The Bertz CT molecular complexity index is 550. The Labute approximate surface area is 111 Å². The van der Waals surface area contributed by atoms with Crippen LogP contribution in [-0.2, 0) is 10.8 Å². The molecule has 102 valence electrons. The summed E-state index contributed by atoms with van der Waals surface area (Å²) in [5.74, 6) is -0.259. The van der Waals surface area contributed by atoms with E-state index < -0.39 is 21.7 Å². The fourth-order valence-electron chi connectivity index (χ4n) is 1.95. The van der Waals surface area contributed by atoms with E-state index in [0.717, 1.165) is 6.07 Å². The van der Waals surface area contributed by atoms with Gasteiger partial charge >= 0.3 is 5.97 Å². The van der Waals surface area contributed by atoms with Crippen molar-refractivity contribution in [2.45, 2.75) is 0 Å². The van der Waals surface area contributed by atoms with Crippen LogP contribution in [-0.4, -0.2) is 44.8 Å². The minimum Gasteiger partial charge on any atom is -0.478 e. The van der Waals surface area contributed by atoms with Crippen molar-refractivity contribution in [3.8, 4) is 0 Å². The number of aromatic carboxylic acids is 1. The van der Waals surface area contributed by atoms with Gasteiger partial charge in [0.25, 0.3) is 5.69 Å². The Morgan fingerprint density at radius 3 is 2.53 bits per heavy atom. The van der Waals surface area contributed by atoms with Crippen LogP contribution in [0.1, 0.15) is 10.4 Å². The minimum atomic E-state index is -1.20. The molecule has 19 heavy (non-hydrogen) atoms. The Morgan fingerprint density at radius 1 is 1.37 bits per heavy atom. The van der Waals surface area contributed by atoms with Gasteiger partial charge in [0.2, 0.25) is 0 Å². The van der Waals surface area contributed by atoms with Crippen molar-refractivity contribution in [2.75, 3.05) is 29.5 Å². The molecule has 0 aliphatic carbocycles. The van der Waals surface area contributed by atoms with Gasteiger partial charge in [-0.3, -0.25) is 14.3 Å². The van der Waals surface area contributed by atoms with Gasteiger partial charge in [0.1, 0.15) is 5.69 Å². The summed E-state index contributed by atoms with van der Waals surface area (Å²) in [6, 6.07) is 3.84. The Kier molecular flexibility index (Phi) is 3.79. The number of nitro groups is 1. The van der Waals surface area contributed by atoms with Gasteiger partial charge in [-0.05, 0) is 12.1 Å². The molecule has 2 rings (SSSR count). The highest BCUT2D eigenvalue weighted by molar-refractivity contribution is 7.85. The van der Waals surface area contributed by atoms with Crippen LogP contribution in [0.5, 0.6) is 0 Å². The molecule has 0 atom stereocenters. The maximum absolute atomic E-state index is 11.3. The molecule has 0 spiro atoms. The van der Waals surface area contributed by atoms with E-state index in [-0.39, 0.29) is 11.3 Å². The van der Waals surface area contributed by atoms with Crippen LogP contribution in [0.2, 0.25) is 0 Å². The third-order valence-corrected chi connectivity index (χ3v) is 4.21. The van der Waals surface area contributed by atoms with Crippen molar-refractivity contribution in [3.63, 3.8) is 0 Å². The number of carboxylic acids is 1. The van der Waals surface area contributed by atoms with Crippen molar-refractivity contribution in [3.05, 3.63) is 33.9 Å². The maximum Gasteiger partial charge on any atom is 0.335 e. The van der Waals surface area contributed by atoms with Gasteiger partial charge in [-0.25, -0.2) is 4.79 Å². The van der Waals surface area contributed by atoms with Gasteiger partial charge < -0.3 is 10.0 Å². The average Bonchev–Trinajstić information content (AvgIpc) is 2.38. The molecule has 0 radical (unpaired) electrons. The number of rotatable bonds is 3. The van der Waals surface area contributed by atoms with E-state index >= 15 is 0 Å². The SMILES string of the molecule is O=C(O)c1ccc(N2CCS(=O)CC2)c([N+](=O)[O-])c1. The van der Waals surface area contributed by atoms with Crippen molar-refractivity contribution >= 4 is 28.1 Å². The standard InChI is InChI=1S/C11H12N2O5S/c14-11(15)8-1-2-9(10(7-8)13(16)17)12-3-5-19(18)6-4-12/h1-2,7H,3-6H2,(H,14,15). The molecule has 1 aromatic carbocycles. The van der Waals surface area contributed by atoms with E-state index in [9.17, 15) is 19.1 Å². The summed E-state index contributed by atoms with van der Waals surface area (Å²) < 4.78 is 11.3. The predicted molar refractivity (Wildman–Crippen MR) is 70.1 cm³/mol. The molecule has 1 aliphatic heterocycles. The molecule has 0 amide bonds. The van der Waals surface area contributed by atoms with E-state index in [1.54, 1.807) is 4.90 Å². The number of anilines is 1. The molecule has 0 unspecified atom stereocenters. The monoisotopic (exact) mass is 284 g/mol. The number of nitrogens with zero attached hydrogens (tertiary/aromatic N) is 2. The third kappa shape index (κ3) is 2.90. The first kappa shape index (κ1) is 13.5. The first-order valence-electron chi connectivity index (χ1n) is 5.60. The van der Waals surface area contributed by atoms with E-state index in [2.05, 4.69) is 0 Å². The topological polar surface area (TPSA) is 101 Å². The zero-order valence-electron chi connectivity index (χ0n) is 9.94. The first-order chi connectivity index (χ1) is 8.99. The van der Waals surface area contributed by atoms with Crippen LogP contribution in [0.3, 0.4) is 0 Å². The van der Waals surface area contributed by atoms with Gasteiger partial charge in [-0.15, -0.1) is 0 Å². The molecule has 1 aliphatic rings. The fourth-order valence-corrected chi connectivity index (χ4v) is 3.00. The lowest BCUT2D eigenvalue weighted by Gasteiger charge is -2.28. The second-order valence-corrected chi connectivity index (χ2v) is 5.80. The van der Waals surface area contributed by atoms with Crippen LogP contribution >= 0.6 is 0 Å². The summed E-state index contributed by atoms with van der Waals surface area (Å²) in [5.41, 5.74) is 0.0373. The first-order valence-corrected chi connectivity index (χ1v) is 7.09. The van der Waals surface area contributed by atoms with E-state index in [4.69, 9.17) is 5.11 Å². The van der Waals surface area contributed by atoms with Crippen LogP contribution in [0, 0.1) is 10.1 Å². The van der Waals surface area contributed by atoms with E-state index in [1.807, 2.05) is 0 Å². The number of carbonyl (C=O) groups is 1. The summed E-state index contributed by atoms with van der Waals surface area (Å²) in [5, 5.41) is 19.9. The average molecular weight is 284 g/mol. The Hall–Kier alpha value is -1.96. The highest BCUT2D eigenvalue weighted by Gasteiger charge is 2.24. The lowest BCUT2D eigenvalue weighted by molar-refractivity contribution is -0.384. The van der Waals surface area contributed by atoms with Crippen molar-refractivity contribution < 1.29 is 19.0 Å². The molecule has 1 aromatic rings. The molecule has 1 heterocycles. The molecule has 1 fully saturated rings. The number of carboxylic acid groups (broad SMARTS) is 1. The lowest BCUT2D eigenvalue weighted by Crippen LogP contribution is -2.38. The second kappa shape index (κ2) is 5.35. The summed E-state index contributed by atoms with van der Waals surface area (Å²) in [6.07, 6.45) is 0. The van der Waals surface area contributed by atoms with Gasteiger partial charge in [-0.2, -0.15) is 0 Å². The lowest BCUT2D eigenvalue weighted by atomic mass is 10.1. The molecular weight excluding hydrogens is 272 g/mol. The summed E-state index contributed by atoms with van der Waals surface area (Å²) in [7, 11) is -0.869. The summed E-state index contributed by atoms with van der Waals surface area (Å²) >= 11 is 0. The zero-order valence-corrected chi connectivity index (χ0v) is 10.8. The van der Waals surface area contributed by atoms with Crippen LogP contribution < -0.4 is 4.90 Å². The molecule has 1 N–H and O–H groups in total. The number of nitro benzene ring substituents is 1. The molecule has 0 saturated carbocycles. The summed E-state index contributed by atoms with van der Waals surface area (Å²) in [6.45, 7) is 0.944. The number of hydrogen-bond acceptors (Lipinski definition) is 5. The molecule has 0 aromatic heterocycles. The third-order valence-electron chi connectivity index (χ3n) is 2.94. The molecule has 1 saturated heterocycles. The van der Waals surface area contributed by atoms with Crippen molar-refractivity contribution in [1.29, 1.82) is 0 Å². The van der Waals surface area contributed by atoms with E-state index in [0.29, 0.717) is 30.3 Å². The maximum atomic E-state index is 11.3. The van der Waals surface area contributed by atoms with Gasteiger partial charge in [0.05, 0.1) is 10.5 Å². The van der Waals surface area contributed by atoms with Gasteiger partial charge in [0, 0.05) is 41.5 Å². The highest BCUT2D eigenvalue weighted by atomic mass is 32.2. The van der Waals surface area contributed by atoms with E-state index in [1.165, 1.54) is 12.1 Å². The van der Waals surface area contributed by atoms with Crippen molar-refractivity contribution in [1.82, 2.24) is 0 Å².